The first-order valence-corrected chi connectivity index (χ1v) is 30.6. The van der Waals surface area contributed by atoms with Crippen molar-refractivity contribution in [2.75, 3.05) is 137 Å². The molecule has 9 heterocycles. The Morgan fingerprint density at radius 2 is 0.766 bits per heavy atom. The van der Waals surface area contributed by atoms with Crippen LogP contribution in [0.1, 0.15) is 109 Å². The average Bonchev–Trinajstić information content (AvgIpc) is 0.953. The molecule has 0 bridgehead atoms. The third-order valence-corrected chi connectivity index (χ3v) is 14.6. The van der Waals surface area contributed by atoms with E-state index in [1.165, 1.54) is 31.7 Å². The lowest BCUT2D eigenvalue weighted by molar-refractivity contribution is 0.0378. The Morgan fingerprint density at radius 1 is 0.436 bits per heavy atom. The topological polar surface area (TPSA) is 467 Å². The number of aromatic carboxylic acids is 6. The highest BCUT2D eigenvalue weighted by Gasteiger charge is 2.23. The molecule has 0 saturated carbocycles. The number of nitrogens with zero attached hydrogens (tertiary/aromatic N) is 15. The number of nitrogens with one attached hydrogen (secondary N) is 5. The Labute approximate surface area is 567 Å². The largest absolute Gasteiger partial charge is 0.476 e. The SMILES string of the molecule is CC(C)Nc1ncnc(C(=O)O)c1Cl.CCNc1ncnc(C(=O)O)c1Cl.CNc1ncnc(C(=O)O)c1Cl.O=C(O)c1ncnc(N2CCCCC2)c1Cl.O=C(O)c1ncnc(NCCCN2CCOCC2)c1Cl.O=C(O)c1ncnc(NCCN2CCOCC2)c1Cl. The number of hydrogen-bond donors (Lipinski definition) is 11. The van der Waals surface area contributed by atoms with Gasteiger partial charge in [0.2, 0.25) is 0 Å². The molecule has 3 fully saturated rings. The maximum atomic E-state index is 10.9. The van der Waals surface area contributed by atoms with Gasteiger partial charge in [0.15, 0.2) is 40.0 Å². The van der Waals surface area contributed by atoms with Crippen LogP contribution in [0.15, 0.2) is 38.0 Å². The van der Waals surface area contributed by atoms with E-state index in [1.54, 1.807) is 7.05 Å². The number of carboxylic acid groups (broad SMARTS) is 6. The number of morpholine rings is 2. The van der Waals surface area contributed by atoms with Crippen molar-refractivity contribution < 1.29 is 68.9 Å². The highest BCUT2D eigenvalue weighted by atomic mass is 35.5. The smallest absolute Gasteiger partial charge is 0.356 e. The fourth-order valence-electron chi connectivity index (χ4n) is 8.01. The van der Waals surface area contributed by atoms with Gasteiger partial charge in [-0.15, -0.1) is 0 Å². The van der Waals surface area contributed by atoms with Crippen LogP contribution in [0.5, 0.6) is 0 Å². The lowest BCUT2D eigenvalue weighted by atomic mass is 10.1. The molecular weight excluding hydrogens is 1370 g/mol. The molecule has 34 nitrogen and oxygen atoms in total. The summed E-state index contributed by atoms with van der Waals surface area (Å²) >= 11 is 35.0. The summed E-state index contributed by atoms with van der Waals surface area (Å²) in [5, 5.41) is 67.4. The first-order chi connectivity index (χ1) is 44.9. The number of hydrogen-bond acceptors (Lipinski definition) is 28. The zero-order valence-electron chi connectivity index (χ0n) is 50.9. The molecular formula is C54H68Cl6N20O14. The fourth-order valence-corrected chi connectivity index (χ4v) is 9.55. The first-order valence-electron chi connectivity index (χ1n) is 28.4. The van der Waals surface area contributed by atoms with Crippen LogP contribution < -0.4 is 31.5 Å². The van der Waals surface area contributed by atoms with Gasteiger partial charge in [0, 0.05) is 78.5 Å². The molecule has 40 heteroatoms. The molecule has 0 amide bonds. The highest BCUT2D eigenvalue weighted by molar-refractivity contribution is 6.37. The van der Waals surface area contributed by atoms with Crippen LogP contribution >= 0.6 is 69.6 Å². The molecule has 94 heavy (non-hydrogen) atoms. The molecule has 0 spiro atoms. The van der Waals surface area contributed by atoms with E-state index in [0.717, 1.165) is 111 Å². The molecule has 3 saturated heterocycles. The summed E-state index contributed by atoms with van der Waals surface area (Å²) in [4.78, 5) is 116. The Balaban J connectivity index is 0.000000243. The summed E-state index contributed by atoms with van der Waals surface area (Å²) in [6.45, 7) is 17.9. The van der Waals surface area contributed by atoms with Crippen molar-refractivity contribution in [2.45, 2.75) is 52.5 Å². The van der Waals surface area contributed by atoms with E-state index in [9.17, 15) is 28.8 Å². The monoisotopic (exact) mass is 1430 g/mol. The molecule has 0 radical (unpaired) electrons. The number of rotatable bonds is 21. The Morgan fingerprint density at radius 3 is 1.15 bits per heavy atom. The average molecular weight is 1430 g/mol. The minimum absolute atomic E-state index is 0.0208. The summed E-state index contributed by atoms with van der Waals surface area (Å²) in [6, 6.07) is 0.129. The van der Waals surface area contributed by atoms with Crippen LogP contribution in [0.3, 0.4) is 0 Å². The number of carboxylic acids is 6. The summed E-state index contributed by atoms with van der Waals surface area (Å²) in [5.41, 5.74) is -1.08. The number of aromatic nitrogens is 12. The van der Waals surface area contributed by atoms with Crippen LogP contribution in [0.2, 0.25) is 30.1 Å². The minimum atomic E-state index is -1.17. The molecule has 0 atom stereocenters. The lowest BCUT2D eigenvalue weighted by Gasteiger charge is -2.28. The van der Waals surface area contributed by atoms with E-state index < -0.39 is 35.8 Å². The van der Waals surface area contributed by atoms with Gasteiger partial charge < -0.3 is 71.6 Å². The van der Waals surface area contributed by atoms with Gasteiger partial charge in [-0.3, -0.25) is 9.80 Å². The Hall–Kier alpha value is -8.32. The number of anilines is 6. The second kappa shape index (κ2) is 41.4. The highest BCUT2D eigenvalue weighted by Crippen LogP contribution is 2.29. The van der Waals surface area contributed by atoms with Crippen LogP contribution in [0.25, 0.3) is 0 Å². The Bertz CT molecular complexity index is 3470. The molecule has 0 unspecified atom stereocenters. The van der Waals surface area contributed by atoms with Crippen molar-refractivity contribution >= 4 is 140 Å². The summed E-state index contributed by atoms with van der Waals surface area (Å²) in [5.74, 6) is -4.69. The van der Waals surface area contributed by atoms with Gasteiger partial charge in [0.05, 0.1) is 26.4 Å². The minimum Gasteiger partial charge on any atom is -0.476 e. The van der Waals surface area contributed by atoms with E-state index >= 15 is 0 Å². The molecule has 3 aliphatic heterocycles. The number of ether oxygens (including phenoxy) is 2. The van der Waals surface area contributed by atoms with Crippen molar-refractivity contribution in [3.63, 3.8) is 0 Å². The molecule has 11 N–H and O–H groups in total. The van der Waals surface area contributed by atoms with Gasteiger partial charge in [0.25, 0.3) is 0 Å². The molecule has 0 aliphatic carbocycles. The van der Waals surface area contributed by atoms with Gasteiger partial charge >= 0.3 is 35.8 Å². The van der Waals surface area contributed by atoms with Crippen molar-refractivity contribution in [1.29, 1.82) is 0 Å². The summed E-state index contributed by atoms with van der Waals surface area (Å²) in [7, 11) is 1.60. The van der Waals surface area contributed by atoms with Crippen LogP contribution in [-0.4, -0.2) is 248 Å². The predicted octanol–water partition coefficient (Wildman–Crippen LogP) is 7.13. The van der Waals surface area contributed by atoms with Crippen molar-refractivity contribution in [2.24, 2.45) is 0 Å². The zero-order chi connectivity index (χ0) is 69.3. The molecule has 6 aromatic rings. The molecule has 6 aromatic heterocycles. The standard InChI is InChI=1S/C12H17ClN4O3.C11H15ClN4O3.C10H12ClN3O2.C8H10ClN3O2.C7H8ClN3O2.C6H6ClN3O2/c13-9-10(12(18)19)15-8-16-11(9)14-2-1-3-17-4-6-20-7-5-17;12-8-9(11(17)18)14-7-15-10(8)13-1-2-16-3-5-19-6-4-16;11-7-8(10(15)16)12-6-13-9(7)14-4-2-1-3-5-14;1-4(2)12-7-5(9)6(8(13)14)10-3-11-7;1-2-9-6-4(8)5(7(12)13)10-3-11-6;1-8-5-3(7)4(6(11)12)9-2-10-5/h8H,1-7H2,(H,18,19)(H,14,15,16);7H,1-6H2,(H,17,18)(H,13,14,15);6H,1-5H2,(H,15,16);3-4H,1-2H3,(H,13,14)(H,10,11,12);3H,2H2,1H3,(H,12,13)(H,9,10,11);2H,1H3,(H,11,12)(H,8,9,10). The van der Waals surface area contributed by atoms with Crippen LogP contribution in [0, 0.1) is 0 Å². The zero-order valence-corrected chi connectivity index (χ0v) is 55.4. The second-order valence-electron chi connectivity index (χ2n) is 19.4. The van der Waals surface area contributed by atoms with Crippen LogP contribution in [0.4, 0.5) is 34.9 Å². The summed E-state index contributed by atoms with van der Waals surface area (Å²) in [6.07, 6.45) is 11.4. The predicted molar refractivity (Wildman–Crippen MR) is 349 cm³/mol. The molecule has 510 valence electrons. The van der Waals surface area contributed by atoms with E-state index in [0.29, 0.717) is 54.5 Å². The van der Waals surface area contributed by atoms with Crippen molar-refractivity contribution in [3.8, 4) is 0 Å². The number of carbonyl (C=O) groups is 6. The molecule has 3 aliphatic rings. The van der Waals surface area contributed by atoms with Crippen molar-refractivity contribution in [3.05, 3.63) is 102 Å². The van der Waals surface area contributed by atoms with Gasteiger partial charge in [-0.2, -0.15) is 0 Å². The second-order valence-corrected chi connectivity index (χ2v) is 21.6. The van der Waals surface area contributed by atoms with Gasteiger partial charge in [-0.25, -0.2) is 88.6 Å². The van der Waals surface area contributed by atoms with Gasteiger partial charge in [-0.1, -0.05) is 69.6 Å². The first kappa shape index (κ1) is 78.1. The van der Waals surface area contributed by atoms with E-state index in [1.807, 2.05) is 25.7 Å². The molecule has 9 rings (SSSR count). The normalized spacial score (nSPS) is 13.5. The van der Waals surface area contributed by atoms with E-state index in [4.69, 9.17) is 110 Å². The summed E-state index contributed by atoms with van der Waals surface area (Å²) < 4.78 is 10.5. The van der Waals surface area contributed by atoms with Gasteiger partial charge in [-0.05, 0) is 53.0 Å². The van der Waals surface area contributed by atoms with Crippen LogP contribution in [-0.2, 0) is 9.47 Å². The van der Waals surface area contributed by atoms with Gasteiger partial charge in [0.1, 0.15) is 97.2 Å². The third kappa shape index (κ3) is 25.5. The fraction of sp³-hybridized carbons (Fsp3) is 0.444. The lowest BCUT2D eigenvalue weighted by Crippen LogP contribution is -2.39. The maximum Gasteiger partial charge on any atom is 0.356 e. The maximum absolute atomic E-state index is 10.9. The number of halogens is 6. The van der Waals surface area contributed by atoms with E-state index in [2.05, 4.69) is 96.2 Å². The Kier molecular flexibility index (Phi) is 34.4. The van der Waals surface area contributed by atoms with Crippen molar-refractivity contribution in [1.82, 2.24) is 69.6 Å². The third-order valence-electron chi connectivity index (χ3n) is 12.5. The number of piperidine rings is 1. The quantitative estimate of drug-likeness (QED) is 0.0319. The molecule has 0 aromatic carbocycles. The van der Waals surface area contributed by atoms with E-state index in [-0.39, 0.29) is 70.3 Å².